The molecule has 0 bridgehead atoms. The van der Waals surface area contributed by atoms with Crippen LogP contribution in [0.15, 0.2) is 18.6 Å². The summed E-state index contributed by atoms with van der Waals surface area (Å²) >= 11 is 0. The summed E-state index contributed by atoms with van der Waals surface area (Å²) in [5.74, 6) is 0. The molecule has 0 radical (unpaired) electrons. The van der Waals surface area contributed by atoms with Gasteiger partial charge in [0.15, 0.2) is 0 Å². The van der Waals surface area contributed by atoms with E-state index in [1.165, 1.54) is 12.8 Å². The van der Waals surface area contributed by atoms with E-state index < -0.39 is 0 Å². The van der Waals surface area contributed by atoms with E-state index in [-0.39, 0.29) is 0 Å². The molecule has 0 saturated heterocycles. The molecule has 0 spiro atoms. The van der Waals surface area contributed by atoms with E-state index in [1.54, 1.807) is 12.5 Å². The summed E-state index contributed by atoms with van der Waals surface area (Å²) in [6.07, 6.45) is 6.92. The summed E-state index contributed by atoms with van der Waals surface area (Å²) in [6.45, 7) is 2.18. The van der Waals surface area contributed by atoms with Crippen molar-refractivity contribution in [3.8, 4) is 0 Å². The van der Waals surface area contributed by atoms with Gasteiger partial charge in [0.1, 0.15) is 6.33 Å². The maximum Gasteiger partial charge on any atom is 0.115 e. The predicted octanol–water partition coefficient (Wildman–Crippen LogP) is 1.82. The SMILES string of the molecule is CCCCc1ccncn1. The molecule has 0 fully saturated rings. The molecule has 0 aromatic carbocycles. The van der Waals surface area contributed by atoms with Crippen LogP contribution >= 0.6 is 0 Å². The Labute approximate surface area is 61.3 Å². The molecule has 0 aliphatic rings. The first kappa shape index (κ1) is 7.19. The molecule has 1 rings (SSSR count). The van der Waals surface area contributed by atoms with Crippen LogP contribution in [0.25, 0.3) is 0 Å². The van der Waals surface area contributed by atoms with Crippen molar-refractivity contribution in [3.05, 3.63) is 24.3 Å². The largest absolute Gasteiger partial charge is 0.245 e. The van der Waals surface area contributed by atoms with E-state index in [2.05, 4.69) is 16.9 Å². The van der Waals surface area contributed by atoms with E-state index in [9.17, 15) is 0 Å². The fourth-order valence-corrected chi connectivity index (χ4v) is 0.824. The van der Waals surface area contributed by atoms with Crippen LogP contribution in [0, 0.1) is 0 Å². The van der Waals surface area contributed by atoms with Gasteiger partial charge >= 0.3 is 0 Å². The van der Waals surface area contributed by atoms with Gasteiger partial charge in [-0.25, -0.2) is 9.97 Å². The molecule has 0 aliphatic carbocycles. The van der Waals surface area contributed by atoms with Crippen LogP contribution in [0.2, 0.25) is 0 Å². The first-order valence-corrected chi connectivity index (χ1v) is 3.68. The molecule has 0 aliphatic heterocycles. The third-order valence-corrected chi connectivity index (χ3v) is 1.43. The van der Waals surface area contributed by atoms with Crippen molar-refractivity contribution >= 4 is 0 Å². The summed E-state index contributed by atoms with van der Waals surface area (Å²) in [7, 11) is 0. The Hall–Kier alpha value is -0.920. The van der Waals surface area contributed by atoms with Crippen molar-refractivity contribution in [2.24, 2.45) is 0 Å². The fourth-order valence-electron chi connectivity index (χ4n) is 0.824. The second-order valence-electron chi connectivity index (χ2n) is 2.30. The third kappa shape index (κ3) is 2.13. The second-order valence-corrected chi connectivity index (χ2v) is 2.30. The Bertz CT molecular complexity index is 172. The maximum absolute atomic E-state index is 4.11. The predicted molar refractivity (Wildman–Crippen MR) is 40.6 cm³/mol. The Kier molecular flexibility index (Phi) is 2.87. The van der Waals surface area contributed by atoms with E-state index in [1.807, 2.05) is 6.07 Å². The number of rotatable bonds is 3. The number of aromatic nitrogens is 2. The molecule has 0 unspecified atom stereocenters. The van der Waals surface area contributed by atoms with Crippen LogP contribution in [0.3, 0.4) is 0 Å². The van der Waals surface area contributed by atoms with Crippen LogP contribution in [0.1, 0.15) is 25.5 Å². The summed E-state index contributed by atoms with van der Waals surface area (Å²) in [4.78, 5) is 7.95. The lowest BCUT2D eigenvalue weighted by molar-refractivity contribution is 0.773. The minimum atomic E-state index is 1.08. The number of hydrogen-bond donors (Lipinski definition) is 0. The lowest BCUT2D eigenvalue weighted by Crippen LogP contribution is -1.88. The van der Waals surface area contributed by atoms with Crippen LogP contribution in [-0.4, -0.2) is 9.97 Å². The first-order valence-electron chi connectivity index (χ1n) is 3.68. The van der Waals surface area contributed by atoms with Crippen molar-refractivity contribution in [1.82, 2.24) is 9.97 Å². The Morgan fingerprint density at radius 1 is 1.50 bits per heavy atom. The van der Waals surface area contributed by atoms with Crippen molar-refractivity contribution in [1.29, 1.82) is 0 Å². The number of nitrogens with zero attached hydrogens (tertiary/aromatic N) is 2. The topological polar surface area (TPSA) is 25.8 Å². The zero-order chi connectivity index (χ0) is 7.23. The number of aryl methyl sites for hydroxylation is 1. The summed E-state index contributed by atoms with van der Waals surface area (Å²) < 4.78 is 0. The van der Waals surface area contributed by atoms with Gasteiger partial charge in [0.25, 0.3) is 0 Å². The highest BCUT2D eigenvalue weighted by Gasteiger charge is 1.89. The molecule has 10 heavy (non-hydrogen) atoms. The molecular weight excluding hydrogens is 124 g/mol. The zero-order valence-corrected chi connectivity index (χ0v) is 6.25. The van der Waals surface area contributed by atoms with Crippen LogP contribution in [-0.2, 0) is 6.42 Å². The Balaban J connectivity index is 2.43. The van der Waals surface area contributed by atoms with Gasteiger partial charge in [0.05, 0.1) is 0 Å². The van der Waals surface area contributed by atoms with Crippen molar-refractivity contribution < 1.29 is 0 Å². The third-order valence-electron chi connectivity index (χ3n) is 1.43. The smallest absolute Gasteiger partial charge is 0.115 e. The molecule has 1 heterocycles. The lowest BCUT2D eigenvalue weighted by atomic mass is 10.2. The van der Waals surface area contributed by atoms with E-state index >= 15 is 0 Å². The Morgan fingerprint density at radius 2 is 2.40 bits per heavy atom. The molecule has 1 aromatic rings. The molecule has 2 heteroatoms. The van der Waals surface area contributed by atoms with Gasteiger partial charge in [0.2, 0.25) is 0 Å². The first-order chi connectivity index (χ1) is 4.93. The second kappa shape index (κ2) is 3.99. The average molecular weight is 136 g/mol. The summed E-state index contributed by atoms with van der Waals surface area (Å²) in [6, 6.07) is 1.97. The highest BCUT2D eigenvalue weighted by atomic mass is 14.8. The molecule has 2 nitrogen and oxygen atoms in total. The molecular formula is C8H12N2. The minimum Gasteiger partial charge on any atom is -0.245 e. The monoisotopic (exact) mass is 136 g/mol. The van der Waals surface area contributed by atoms with Gasteiger partial charge in [-0.2, -0.15) is 0 Å². The standard InChI is InChI=1S/C8H12N2/c1-2-3-4-8-5-6-9-7-10-8/h5-7H,2-4H2,1H3. The van der Waals surface area contributed by atoms with Crippen LogP contribution in [0.4, 0.5) is 0 Å². The lowest BCUT2D eigenvalue weighted by Gasteiger charge is -1.94. The normalized spacial score (nSPS) is 9.70. The zero-order valence-electron chi connectivity index (χ0n) is 6.25. The van der Waals surface area contributed by atoms with Gasteiger partial charge in [-0.15, -0.1) is 0 Å². The van der Waals surface area contributed by atoms with Gasteiger partial charge in [-0.05, 0) is 18.9 Å². The van der Waals surface area contributed by atoms with Crippen LogP contribution < -0.4 is 0 Å². The minimum absolute atomic E-state index is 1.08. The number of unbranched alkanes of at least 4 members (excludes halogenated alkanes) is 1. The maximum atomic E-state index is 4.11. The van der Waals surface area contributed by atoms with Gasteiger partial charge in [-0.1, -0.05) is 13.3 Å². The van der Waals surface area contributed by atoms with Crippen molar-refractivity contribution in [3.63, 3.8) is 0 Å². The van der Waals surface area contributed by atoms with E-state index in [0.29, 0.717) is 0 Å². The summed E-state index contributed by atoms with van der Waals surface area (Å²) in [5.41, 5.74) is 1.15. The molecule has 0 atom stereocenters. The van der Waals surface area contributed by atoms with E-state index in [4.69, 9.17) is 0 Å². The van der Waals surface area contributed by atoms with E-state index in [0.717, 1.165) is 12.1 Å². The van der Waals surface area contributed by atoms with Gasteiger partial charge in [-0.3, -0.25) is 0 Å². The molecule has 54 valence electrons. The molecule has 0 saturated carbocycles. The van der Waals surface area contributed by atoms with Gasteiger partial charge in [0, 0.05) is 11.9 Å². The molecule has 0 amide bonds. The number of hydrogen-bond acceptors (Lipinski definition) is 2. The average Bonchev–Trinajstić information content (AvgIpc) is 2.03. The molecule has 1 aromatic heterocycles. The fraction of sp³-hybridized carbons (Fsp3) is 0.500. The highest BCUT2D eigenvalue weighted by Crippen LogP contribution is 1.98. The van der Waals surface area contributed by atoms with Crippen molar-refractivity contribution in [2.75, 3.05) is 0 Å². The Morgan fingerprint density at radius 3 is 3.00 bits per heavy atom. The van der Waals surface area contributed by atoms with Crippen molar-refractivity contribution in [2.45, 2.75) is 26.2 Å². The van der Waals surface area contributed by atoms with Crippen LogP contribution in [0.5, 0.6) is 0 Å². The quantitative estimate of drug-likeness (QED) is 0.633. The molecule has 0 N–H and O–H groups in total. The highest BCUT2D eigenvalue weighted by molar-refractivity contribution is 4.97. The summed E-state index contributed by atoms with van der Waals surface area (Å²) in [5, 5.41) is 0. The van der Waals surface area contributed by atoms with Gasteiger partial charge < -0.3 is 0 Å².